The van der Waals surface area contributed by atoms with Gasteiger partial charge in [-0.1, -0.05) is 45.2 Å². The van der Waals surface area contributed by atoms with Gasteiger partial charge in [-0.25, -0.2) is 14.4 Å². The molecule has 2 saturated carbocycles. The normalized spacial score (nSPS) is 29.2. The van der Waals surface area contributed by atoms with Gasteiger partial charge in [0.15, 0.2) is 5.69 Å². The van der Waals surface area contributed by atoms with E-state index < -0.39 is 46.3 Å². The maximum Gasteiger partial charge on any atom is 0.275 e. The van der Waals surface area contributed by atoms with Crippen LogP contribution in [0.1, 0.15) is 121 Å². The standard InChI is InChI=1S/C47H46ClFN8O6/c1-46(2)44(47(3,4)45(46)63-30-12-8-25(19-50)33(48)16-30)56-23-35-39(43(56)62)51-20-26(52-35)9-5-24-6-10-27(11-7-24)54-21-29-15-28(54)22-55(29)37-18-32-31(17-34(37)49)41(60)57(42(32)61)36-13-14-38(58)53-40(36)59/h8,12,16-18,20,24,27-29,36,44-45H,6-7,10-11,13-15,21-23H2,1-4H3,(H,53,58,59)/t24?,27?,28?,29?,36?,44-,45-. The Kier molecular flexibility index (Phi) is 9.69. The molecule has 2 bridgehead atoms. The number of aromatic nitrogens is 2. The molecule has 16 heteroatoms. The van der Waals surface area contributed by atoms with E-state index in [-0.39, 0.29) is 60.0 Å². The van der Waals surface area contributed by atoms with Gasteiger partial charge in [0.1, 0.15) is 35.5 Å². The number of anilines is 1. The molecule has 3 unspecified atom stereocenters. The Hall–Kier alpha value is -5.90. The lowest BCUT2D eigenvalue weighted by atomic mass is 9.49. The Morgan fingerprint density at radius 1 is 0.889 bits per heavy atom. The molecule has 7 aliphatic rings. The highest BCUT2D eigenvalue weighted by molar-refractivity contribution is 6.31. The average Bonchev–Trinajstić information content (AvgIpc) is 4.00. The number of fused-ring (bicyclic) bond motifs is 4. The van der Waals surface area contributed by atoms with Crippen molar-refractivity contribution in [2.24, 2.45) is 16.7 Å². The van der Waals surface area contributed by atoms with Gasteiger partial charge >= 0.3 is 0 Å². The molecule has 10 rings (SSSR count). The predicted octanol–water partition coefficient (Wildman–Crippen LogP) is 5.25. The van der Waals surface area contributed by atoms with Crippen LogP contribution in [0, 0.1) is 45.7 Å². The maximum atomic E-state index is 15.7. The summed E-state index contributed by atoms with van der Waals surface area (Å²) in [6, 6.07) is 9.12. The second kappa shape index (κ2) is 14.8. The number of carbonyl (C=O) groups excluding carboxylic acids is 5. The molecule has 2 aromatic carbocycles. The number of carbonyl (C=O) groups is 5. The van der Waals surface area contributed by atoms with Gasteiger partial charge < -0.3 is 14.5 Å². The minimum Gasteiger partial charge on any atom is -0.489 e. The zero-order chi connectivity index (χ0) is 44.3. The van der Waals surface area contributed by atoms with E-state index in [1.807, 2.05) is 9.80 Å². The second-order valence-corrected chi connectivity index (χ2v) is 19.7. The zero-order valence-electron chi connectivity index (χ0n) is 35.4. The molecule has 63 heavy (non-hydrogen) atoms. The van der Waals surface area contributed by atoms with Crippen LogP contribution in [0.5, 0.6) is 5.75 Å². The molecule has 1 N–H and O–H groups in total. The first-order valence-corrected chi connectivity index (χ1v) is 22.0. The van der Waals surface area contributed by atoms with Gasteiger partial charge in [0.2, 0.25) is 11.8 Å². The van der Waals surface area contributed by atoms with Gasteiger partial charge in [0.25, 0.3) is 17.7 Å². The number of hydrogen-bond acceptors (Lipinski definition) is 11. The van der Waals surface area contributed by atoms with Gasteiger partial charge in [-0.05, 0) is 68.7 Å². The molecule has 5 amide bonds. The van der Waals surface area contributed by atoms with E-state index in [1.54, 1.807) is 24.4 Å². The van der Waals surface area contributed by atoms with Crippen molar-refractivity contribution in [3.8, 4) is 23.7 Å². The third kappa shape index (κ3) is 6.57. The van der Waals surface area contributed by atoms with Crippen molar-refractivity contribution < 1.29 is 33.1 Å². The Morgan fingerprint density at radius 3 is 2.29 bits per heavy atom. The van der Waals surface area contributed by atoms with E-state index in [2.05, 4.69) is 60.8 Å². The number of piperidine rings is 1. The number of hydrogen-bond donors (Lipinski definition) is 1. The van der Waals surface area contributed by atoms with E-state index >= 15 is 4.39 Å². The Balaban J connectivity index is 0.741. The lowest BCUT2D eigenvalue weighted by Crippen LogP contribution is -2.74. The third-order valence-corrected chi connectivity index (χ3v) is 15.0. The van der Waals surface area contributed by atoms with Crippen LogP contribution in [-0.2, 0) is 16.1 Å². The minimum atomic E-state index is -1.11. The Labute approximate surface area is 369 Å². The third-order valence-electron chi connectivity index (χ3n) is 14.7. The average molecular weight is 873 g/mol. The van der Waals surface area contributed by atoms with E-state index in [0.717, 1.165) is 49.6 Å². The fraction of sp³-hybridized carbons (Fsp3) is 0.489. The molecule has 14 nitrogen and oxygen atoms in total. The number of ether oxygens (including phenoxy) is 1. The quantitative estimate of drug-likeness (QED) is 0.254. The first-order valence-electron chi connectivity index (χ1n) is 21.7. The van der Waals surface area contributed by atoms with Crippen LogP contribution in [0.25, 0.3) is 0 Å². The van der Waals surface area contributed by atoms with Crippen LogP contribution in [0.2, 0.25) is 5.02 Å². The fourth-order valence-corrected chi connectivity index (χ4v) is 12.4. The lowest BCUT2D eigenvalue weighted by Gasteiger charge is -2.65. The van der Waals surface area contributed by atoms with Crippen molar-refractivity contribution in [3.63, 3.8) is 0 Å². The maximum absolute atomic E-state index is 15.7. The highest BCUT2D eigenvalue weighted by atomic mass is 35.5. The topological polar surface area (TPSA) is 169 Å². The van der Waals surface area contributed by atoms with E-state index in [4.69, 9.17) is 21.3 Å². The summed E-state index contributed by atoms with van der Waals surface area (Å²) in [6.45, 7) is 10.1. The number of halogens is 2. The summed E-state index contributed by atoms with van der Waals surface area (Å²) in [7, 11) is 0. The van der Waals surface area contributed by atoms with Crippen molar-refractivity contribution >= 4 is 46.8 Å². The highest BCUT2D eigenvalue weighted by Crippen LogP contribution is 2.59. The number of likely N-dealkylation sites (tertiary alicyclic amines) is 1. The number of imide groups is 2. The number of nitriles is 1. The molecular formula is C47H46ClFN8O6. The summed E-state index contributed by atoms with van der Waals surface area (Å²) in [5, 5.41) is 11.8. The molecule has 3 atom stereocenters. The van der Waals surface area contributed by atoms with Crippen molar-refractivity contribution in [1.29, 1.82) is 5.26 Å². The first kappa shape index (κ1) is 41.1. The van der Waals surface area contributed by atoms with Crippen molar-refractivity contribution in [3.05, 3.63) is 81.1 Å². The molecule has 0 radical (unpaired) electrons. The van der Waals surface area contributed by atoms with Gasteiger partial charge in [-0.3, -0.25) is 39.1 Å². The summed E-state index contributed by atoms with van der Waals surface area (Å²) in [5.41, 5.74) is 1.39. The molecular weight excluding hydrogens is 827 g/mol. The van der Waals surface area contributed by atoms with Crippen LogP contribution >= 0.6 is 11.6 Å². The largest absolute Gasteiger partial charge is 0.489 e. The minimum absolute atomic E-state index is 0.0125. The molecule has 3 aromatic rings. The summed E-state index contributed by atoms with van der Waals surface area (Å²) in [6.07, 6.45) is 6.12. The number of benzene rings is 2. The SMILES string of the molecule is CC1(C)[C@H](Oc2ccc(C#N)c(Cl)c2)C(C)(C)[C@H]1N1Cc2nc(C#CC3CCC(N4CC5CC4CN5c4cc5c(cc4F)C(=O)N(C4CCC(=O)NC4=O)C5=O)CC3)cnc2C1=O. The zero-order valence-corrected chi connectivity index (χ0v) is 36.2. The molecule has 324 valence electrons. The van der Waals surface area contributed by atoms with Crippen LogP contribution in [0.3, 0.4) is 0 Å². The number of piperazine rings is 1. The predicted molar refractivity (Wildman–Crippen MR) is 226 cm³/mol. The van der Waals surface area contributed by atoms with Crippen LogP contribution in [-0.4, -0.2) is 104 Å². The monoisotopic (exact) mass is 872 g/mol. The molecule has 0 spiro atoms. The molecule has 1 aromatic heterocycles. The van der Waals surface area contributed by atoms with Gasteiger partial charge in [0, 0.05) is 66.5 Å². The second-order valence-electron chi connectivity index (χ2n) is 19.2. The number of rotatable bonds is 6. The van der Waals surface area contributed by atoms with Crippen molar-refractivity contribution in [2.75, 3.05) is 18.0 Å². The first-order chi connectivity index (χ1) is 30.0. The highest BCUT2D eigenvalue weighted by Gasteiger charge is 2.67. The summed E-state index contributed by atoms with van der Waals surface area (Å²) >= 11 is 6.29. The fourth-order valence-electron chi connectivity index (χ4n) is 12.2. The smallest absolute Gasteiger partial charge is 0.275 e. The summed E-state index contributed by atoms with van der Waals surface area (Å²) < 4.78 is 22.2. The molecule has 2 aliphatic carbocycles. The van der Waals surface area contributed by atoms with Gasteiger partial charge in [-0.15, -0.1) is 0 Å². The van der Waals surface area contributed by atoms with E-state index in [9.17, 15) is 29.2 Å². The number of nitrogens with one attached hydrogen (secondary N) is 1. The number of nitrogens with zero attached hydrogens (tertiary/aromatic N) is 7. The van der Waals surface area contributed by atoms with Crippen molar-refractivity contribution in [2.45, 2.75) is 115 Å². The number of amides is 5. The van der Waals surface area contributed by atoms with Crippen molar-refractivity contribution in [1.82, 2.24) is 30.0 Å². The van der Waals surface area contributed by atoms with Crippen LogP contribution < -0.4 is 15.0 Å². The summed E-state index contributed by atoms with van der Waals surface area (Å²) in [5.74, 6) is 4.23. The molecule has 3 saturated heterocycles. The Morgan fingerprint density at radius 2 is 1.62 bits per heavy atom. The van der Waals surface area contributed by atoms with E-state index in [1.165, 1.54) is 6.07 Å². The van der Waals surface area contributed by atoms with E-state index in [0.29, 0.717) is 58.2 Å². The van der Waals surface area contributed by atoms with Crippen LogP contribution in [0.4, 0.5) is 10.1 Å². The lowest BCUT2D eigenvalue weighted by molar-refractivity contribution is -0.199. The summed E-state index contributed by atoms with van der Waals surface area (Å²) in [4.78, 5) is 81.3. The van der Waals surface area contributed by atoms with Gasteiger partial charge in [-0.2, -0.15) is 5.26 Å². The molecule has 5 aliphatic heterocycles. The Bertz CT molecular complexity index is 2630. The molecule has 6 heterocycles. The van der Waals surface area contributed by atoms with Crippen LogP contribution in [0.15, 0.2) is 36.5 Å². The van der Waals surface area contributed by atoms with Gasteiger partial charge in [0.05, 0.1) is 45.8 Å². The molecule has 5 fully saturated rings.